The van der Waals surface area contributed by atoms with E-state index in [1.54, 1.807) is 16.5 Å². The molecule has 0 spiro atoms. The van der Waals surface area contributed by atoms with Gasteiger partial charge in [-0.2, -0.15) is 9.29 Å². The largest absolute Gasteiger partial charge is 0.373 e. The second-order valence-corrected chi connectivity index (χ2v) is 9.04. The van der Waals surface area contributed by atoms with Gasteiger partial charge in [-0.25, -0.2) is 8.42 Å². The first-order chi connectivity index (χ1) is 11.9. The van der Waals surface area contributed by atoms with Gasteiger partial charge < -0.3 is 4.74 Å². The molecule has 0 saturated carbocycles. The number of thiazole rings is 1. The Morgan fingerprint density at radius 1 is 1.24 bits per heavy atom. The molecule has 25 heavy (non-hydrogen) atoms. The maximum atomic E-state index is 13.0. The Labute approximate surface area is 148 Å². The zero-order valence-electron chi connectivity index (χ0n) is 13.7. The fourth-order valence-electron chi connectivity index (χ4n) is 3.22. The fraction of sp³-hybridized carbons (Fsp3) is 0.375. The molecule has 0 bridgehead atoms. The zero-order valence-corrected chi connectivity index (χ0v) is 15.4. The predicted molar refractivity (Wildman–Crippen MR) is 95.6 cm³/mol. The van der Waals surface area contributed by atoms with E-state index in [1.165, 1.54) is 21.7 Å². The smallest absolute Gasteiger partial charge is 0.281 e. The number of nitrogens with zero attached hydrogens (tertiary/aromatic N) is 3. The van der Waals surface area contributed by atoms with Gasteiger partial charge in [0, 0.05) is 24.7 Å². The molecule has 3 heterocycles. The quantitative estimate of drug-likeness (QED) is 0.677. The normalized spacial score (nSPS) is 22.6. The van der Waals surface area contributed by atoms with Gasteiger partial charge in [0.15, 0.2) is 4.96 Å². The summed E-state index contributed by atoms with van der Waals surface area (Å²) in [5.74, 6) is 0. The molecule has 0 radical (unpaired) electrons. The highest BCUT2D eigenvalue weighted by Crippen LogP contribution is 2.24. The van der Waals surface area contributed by atoms with Crippen LogP contribution >= 0.6 is 11.3 Å². The summed E-state index contributed by atoms with van der Waals surface area (Å²) < 4.78 is 34.8. The van der Waals surface area contributed by atoms with Crippen molar-refractivity contribution in [2.45, 2.75) is 31.0 Å². The number of aromatic nitrogens is 2. The standard InChI is InChI=1S/C16H17N3O4S2/c1-10-8-18(9-11(2)23-10)25(21,22)12-3-4-14-13(7-12)15(20)17-16-19(14)5-6-24-16/h3-7,10-11H,8-9H2,1-2H3/t10-,11-/m1/s1. The lowest BCUT2D eigenvalue weighted by molar-refractivity contribution is -0.0440. The van der Waals surface area contributed by atoms with Gasteiger partial charge in [0.1, 0.15) is 0 Å². The lowest BCUT2D eigenvalue weighted by Crippen LogP contribution is -2.48. The molecular weight excluding hydrogens is 362 g/mol. The third-order valence-corrected chi connectivity index (χ3v) is 6.85. The minimum Gasteiger partial charge on any atom is -0.373 e. The summed E-state index contributed by atoms with van der Waals surface area (Å²) in [6, 6.07) is 4.64. The molecule has 3 aromatic rings. The molecule has 1 aliphatic heterocycles. The minimum atomic E-state index is -3.70. The fourth-order valence-corrected chi connectivity index (χ4v) is 5.55. The van der Waals surface area contributed by atoms with Crippen LogP contribution in [-0.2, 0) is 14.8 Å². The second-order valence-electron chi connectivity index (χ2n) is 6.23. The van der Waals surface area contributed by atoms with Crippen LogP contribution in [0.2, 0.25) is 0 Å². The van der Waals surface area contributed by atoms with E-state index >= 15 is 0 Å². The van der Waals surface area contributed by atoms with Crippen LogP contribution in [0.5, 0.6) is 0 Å². The van der Waals surface area contributed by atoms with Crippen molar-refractivity contribution in [1.82, 2.24) is 13.7 Å². The average Bonchev–Trinajstić information content (AvgIpc) is 3.02. The molecule has 9 heteroatoms. The van der Waals surface area contributed by atoms with Crippen LogP contribution < -0.4 is 5.56 Å². The van der Waals surface area contributed by atoms with Crippen LogP contribution in [0.1, 0.15) is 13.8 Å². The third kappa shape index (κ3) is 2.77. The highest BCUT2D eigenvalue weighted by molar-refractivity contribution is 7.89. The van der Waals surface area contributed by atoms with E-state index in [0.29, 0.717) is 29.0 Å². The molecule has 1 saturated heterocycles. The molecule has 2 atom stereocenters. The molecule has 4 rings (SSSR count). The van der Waals surface area contributed by atoms with E-state index in [0.717, 1.165) is 0 Å². The number of rotatable bonds is 2. The Bertz CT molecular complexity index is 1110. The summed E-state index contributed by atoms with van der Waals surface area (Å²) in [4.78, 5) is 17.0. The average molecular weight is 379 g/mol. The first kappa shape index (κ1) is 16.6. The number of sulfonamides is 1. The van der Waals surface area contributed by atoms with Crippen molar-refractivity contribution in [3.05, 3.63) is 40.1 Å². The lowest BCUT2D eigenvalue weighted by Gasteiger charge is -2.34. The van der Waals surface area contributed by atoms with Gasteiger partial charge in [-0.05, 0) is 32.0 Å². The molecule has 132 valence electrons. The highest BCUT2D eigenvalue weighted by Gasteiger charge is 2.32. The molecule has 1 fully saturated rings. The van der Waals surface area contributed by atoms with Crippen LogP contribution in [0, 0.1) is 0 Å². The molecule has 7 nitrogen and oxygen atoms in total. The van der Waals surface area contributed by atoms with Crippen molar-refractivity contribution in [2.75, 3.05) is 13.1 Å². The van der Waals surface area contributed by atoms with E-state index in [-0.39, 0.29) is 17.1 Å². The van der Waals surface area contributed by atoms with E-state index in [4.69, 9.17) is 4.74 Å². The number of hydrogen-bond acceptors (Lipinski definition) is 6. The van der Waals surface area contributed by atoms with Gasteiger partial charge in [-0.3, -0.25) is 9.20 Å². The summed E-state index contributed by atoms with van der Waals surface area (Å²) >= 11 is 1.36. The topological polar surface area (TPSA) is 81.0 Å². The van der Waals surface area contributed by atoms with E-state index in [1.807, 2.05) is 25.4 Å². The number of ether oxygens (including phenoxy) is 1. The van der Waals surface area contributed by atoms with Crippen LogP contribution in [0.3, 0.4) is 0 Å². The molecule has 1 aromatic carbocycles. The van der Waals surface area contributed by atoms with Gasteiger partial charge in [-0.1, -0.05) is 0 Å². The van der Waals surface area contributed by atoms with Gasteiger partial charge in [0.2, 0.25) is 10.0 Å². The number of morpholine rings is 1. The predicted octanol–water partition coefficient (Wildman–Crippen LogP) is 1.71. The van der Waals surface area contributed by atoms with Crippen LogP contribution in [0.15, 0.2) is 39.5 Å². The first-order valence-corrected chi connectivity index (χ1v) is 10.2. The lowest BCUT2D eigenvalue weighted by atomic mass is 10.2. The highest BCUT2D eigenvalue weighted by atomic mass is 32.2. The molecule has 2 aromatic heterocycles. The summed E-state index contributed by atoms with van der Waals surface area (Å²) in [7, 11) is -3.70. The molecular formula is C16H17N3O4S2. The summed E-state index contributed by atoms with van der Waals surface area (Å²) in [5.41, 5.74) is 0.233. The number of fused-ring (bicyclic) bond motifs is 3. The Morgan fingerprint density at radius 3 is 2.68 bits per heavy atom. The molecule has 0 amide bonds. The first-order valence-electron chi connectivity index (χ1n) is 7.91. The van der Waals surface area contributed by atoms with Crippen molar-refractivity contribution in [3.8, 4) is 0 Å². The Balaban J connectivity index is 1.85. The molecule has 0 aliphatic carbocycles. The van der Waals surface area contributed by atoms with Gasteiger partial charge in [0.25, 0.3) is 5.56 Å². The maximum absolute atomic E-state index is 13.0. The van der Waals surface area contributed by atoms with Crippen molar-refractivity contribution >= 4 is 37.2 Å². The Morgan fingerprint density at radius 2 is 1.96 bits per heavy atom. The van der Waals surface area contributed by atoms with E-state index in [9.17, 15) is 13.2 Å². The summed E-state index contributed by atoms with van der Waals surface area (Å²) in [6.45, 7) is 4.29. The maximum Gasteiger partial charge on any atom is 0.281 e. The monoisotopic (exact) mass is 379 g/mol. The van der Waals surface area contributed by atoms with Crippen molar-refractivity contribution < 1.29 is 13.2 Å². The van der Waals surface area contributed by atoms with Crippen molar-refractivity contribution in [1.29, 1.82) is 0 Å². The summed E-state index contributed by atoms with van der Waals surface area (Å²) in [6.07, 6.45) is 1.47. The number of hydrogen-bond donors (Lipinski definition) is 0. The SMILES string of the molecule is C[C@@H]1CN(S(=O)(=O)c2ccc3c(c2)c(=O)nc2sccn23)C[C@@H](C)O1. The van der Waals surface area contributed by atoms with Gasteiger partial charge in [-0.15, -0.1) is 11.3 Å². The van der Waals surface area contributed by atoms with Gasteiger partial charge in [0.05, 0.1) is 28.0 Å². The summed E-state index contributed by atoms with van der Waals surface area (Å²) in [5, 5.41) is 2.13. The zero-order chi connectivity index (χ0) is 17.8. The van der Waals surface area contributed by atoms with E-state index < -0.39 is 15.6 Å². The molecule has 1 aliphatic rings. The Hall–Kier alpha value is -1.81. The molecule has 0 N–H and O–H groups in total. The van der Waals surface area contributed by atoms with Crippen LogP contribution in [-0.4, -0.2) is 47.4 Å². The van der Waals surface area contributed by atoms with Crippen molar-refractivity contribution in [3.63, 3.8) is 0 Å². The van der Waals surface area contributed by atoms with E-state index in [2.05, 4.69) is 4.98 Å². The minimum absolute atomic E-state index is 0.107. The van der Waals surface area contributed by atoms with Crippen LogP contribution in [0.25, 0.3) is 15.9 Å². The molecule has 0 unspecified atom stereocenters. The Kier molecular flexibility index (Phi) is 3.91. The number of benzene rings is 1. The second kappa shape index (κ2) is 5.87. The third-order valence-electron chi connectivity index (χ3n) is 4.27. The van der Waals surface area contributed by atoms with Gasteiger partial charge >= 0.3 is 0 Å². The van der Waals surface area contributed by atoms with Crippen molar-refractivity contribution in [2.24, 2.45) is 0 Å². The van der Waals surface area contributed by atoms with Crippen LogP contribution in [0.4, 0.5) is 0 Å².